The fourth-order valence-electron chi connectivity index (χ4n) is 2.41. The third-order valence-electron chi connectivity index (χ3n) is 3.58. The summed E-state index contributed by atoms with van der Waals surface area (Å²) in [7, 11) is -2.30. The summed E-state index contributed by atoms with van der Waals surface area (Å²) in [5.74, 6) is 0.127. The zero-order valence-electron chi connectivity index (χ0n) is 14.7. The molecule has 0 saturated carbocycles. The lowest BCUT2D eigenvalue weighted by molar-refractivity contribution is -0.117. The standard InChI is InChI=1S/C18H22N2O4S/c1-12-9-13(2)11-15(10-12)19-18(21)14(3)20-25(22,23)17-7-5-16(24-4)6-8-17/h5-11,14,20H,1-4H3,(H,19,21)/t14-/m1/s1. The lowest BCUT2D eigenvalue weighted by Gasteiger charge is -2.15. The molecule has 25 heavy (non-hydrogen) atoms. The summed E-state index contributed by atoms with van der Waals surface area (Å²) in [6.45, 7) is 5.36. The van der Waals surface area contributed by atoms with Gasteiger partial charge < -0.3 is 10.1 Å². The van der Waals surface area contributed by atoms with Crippen LogP contribution in [-0.4, -0.2) is 27.5 Å². The quantitative estimate of drug-likeness (QED) is 0.827. The molecule has 0 fully saturated rings. The fourth-order valence-corrected chi connectivity index (χ4v) is 3.61. The maximum Gasteiger partial charge on any atom is 0.242 e. The second kappa shape index (κ2) is 7.67. The van der Waals surface area contributed by atoms with E-state index in [-0.39, 0.29) is 4.90 Å². The fraction of sp³-hybridized carbons (Fsp3) is 0.278. The van der Waals surface area contributed by atoms with Crippen LogP contribution >= 0.6 is 0 Å². The van der Waals surface area contributed by atoms with E-state index in [9.17, 15) is 13.2 Å². The van der Waals surface area contributed by atoms with Crippen molar-refractivity contribution in [2.24, 2.45) is 0 Å². The maximum absolute atomic E-state index is 12.4. The highest BCUT2D eigenvalue weighted by Crippen LogP contribution is 2.17. The lowest BCUT2D eigenvalue weighted by atomic mass is 10.1. The summed E-state index contributed by atoms with van der Waals surface area (Å²) in [6, 6.07) is 10.7. The van der Waals surface area contributed by atoms with E-state index in [0.29, 0.717) is 11.4 Å². The minimum atomic E-state index is -3.80. The lowest BCUT2D eigenvalue weighted by Crippen LogP contribution is -2.41. The van der Waals surface area contributed by atoms with Gasteiger partial charge in [-0.3, -0.25) is 4.79 Å². The van der Waals surface area contributed by atoms with Crippen LogP contribution in [0.5, 0.6) is 5.75 Å². The van der Waals surface area contributed by atoms with E-state index in [4.69, 9.17) is 4.74 Å². The number of methoxy groups -OCH3 is 1. The van der Waals surface area contributed by atoms with Crippen LogP contribution in [0.25, 0.3) is 0 Å². The molecule has 1 atom stereocenters. The van der Waals surface area contributed by atoms with Gasteiger partial charge in [0.05, 0.1) is 18.0 Å². The number of carbonyl (C=O) groups excluding carboxylic acids is 1. The van der Waals surface area contributed by atoms with Crippen LogP contribution in [0.3, 0.4) is 0 Å². The molecule has 2 aromatic rings. The van der Waals surface area contributed by atoms with Crippen LogP contribution in [0.2, 0.25) is 0 Å². The average Bonchev–Trinajstić information content (AvgIpc) is 2.53. The van der Waals surface area contributed by atoms with Gasteiger partial charge >= 0.3 is 0 Å². The van der Waals surface area contributed by atoms with Gasteiger partial charge in [0.25, 0.3) is 0 Å². The molecule has 0 bridgehead atoms. The zero-order chi connectivity index (χ0) is 18.6. The summed E-state index contributed by atoms with van der Waals surface area (Å²) in [5.41, 5.74) is 2.67. The highest BCUT2D eigenvalue weighted by molar-refractivity contribution is 7.89. The molecule has 2 N–H and O–H groups in total. The Hall–Kier alpha value is -2.38. The highest BCUT2D eigenvalue weighted by Gasteiger charge is 2.22. The van der Waals surface area contributed by atoms with Crippen molar-refractivity contribution in [1.82, 2.24) is 4.72 Å². The number of nitrogens with one attached hydrogen (secondary N) is 2. The molecule has 0 aliphatic heterocycles. The third kappa shape index (κ3) is 5.04. The molecular formula is C18H22N2O4S. The molecule has 0 aliphatic rings. The molecule has 0 unspecified atom stereocenters. The van der Waals surface area contributed by atoms with E-state index in [1.165, 1.54) is 26.2 Å². The number of hydrogen-bond donors (Lipinski definition) is 2. The first kappa shape index (κ1) is 19.0. The Bertz CT molecular complexity index is 841. The predicted octanol–water partition coefficient (Wildman–Crippen LogP) is 2.62. The molecule has 0 aromatic heterocycles. The highest BCUT2D eigenvalue weighted by atomic mass is 32.2. The minimum absolute atomic E-state index is 0.0688. The molecule has 0 heterocycles. The molecule has 6 nitrogen and oxygen atoms in total. The van der Waals surface area contributed by atoms with Crippen molar-refractivity contribution in [3.63, 3.8) is 0 Å². The summed E-state index contributed by atoms with van der Waals surface area (Å²) >= 11 is 0. The molecule has 0 spiro atoms. The smallest absolute Gasteiger partial charge is 0.242 e. The van der Waals surface area contributed by atoms with Gasteiger partial charge in [0.1, 0.15) is 5.75 Å². The number of rotatable bonds is 6. The van der Waals surface area contributed by atoms with Crippen molar-refractivity contribution in [3.8, 4) is 5.75 Å². The summed E-state index contributed by atoms with van der Waals surface area (Å²) in [5, 5.41) is 2.73. The number of amides is 1. The molecule has 0 radical (unpaired) electrons. The van der Waals surface area contributed by atoms with Gasteiger partial charge in [0.15, 0.2) is 0 Å². The molecule has 1 amide bonds. The van der Waals surface area contributed by atoms with Crippen LogP contribution in [0.15, 0.2) is 47.4 Å². The molecular weight excluding hydrogens is 340 g/mol. The number of benzene rings is 2. The van der Waals surface area contributed by atoms with Crippen molar-refractivity contribution < 1.29 is 17.9 Å². The summed E-state index contributed by atoms with van der Waals surface area (Å²) < 4.78 is 32.1. The van der Waals surface area contributed by atoms with Crippen molar-refractivity contribution >= 4 is 21.6 Å². The summed E-state index contributed by atoms with van der Waals surface area (Å²) in [6.07, 6.45) is 0. The van der Waals surface area contributed by atoms with Gasteiger partial charge in [-0.25, -0.2) is 8.42 Å². The Morgan fingerprint density at radius 1 is 1.04 bits per heavy atom. The number of hydrogen-bond acceptors (Lipinski definition) is 4. The molecule has 0 saturated heterocycles. The number of carbonyl (C=O) groups is 1. The first-order valence-corrected chi connectivity index (χ1v) is 9.25. The second-order valence-corrected chi connectivity index (χ2v) is 7.60. The van der Waals surface area contributed by atoms with E-state index in [0.717, 1.165) is 11.1 Å². The Morgan fingerprint density at radius 3 is 2.12 bits per heavy atom. The maximum atomic E-state index is 12.4. The Morgan fingerprint density at radius 2 is 1.60 bits per heavy atom. The average molecular weight is 362 g/mol. The van der Waals surface area contributed by atoms with Gasteiger partial charge in [0.2, 0.25) is 15.9 Å². The number of aryl methyl sites for hydroxylation is 2. The van der Waals surface area contributed by atoms with Crippen molar-refractivity contribution in [3.05, 3.63) is 53.6 Å². The molecule has 2 rings (SSSR count). The van der Waals surface area contributed by atoms with Crippen LogP contribution in [0.4, 0.5) is 5.69 Å². The van der Waals surface area contributed by atoms with Crippen LogP contribution in [0, 0.1) is 13.8 Å². The van der Waals surface area contributed by atoms with Crippen molar-refractivity contribution in [2.45, 2.75) is 31.7 Å². The SMILES string of the molecule is COc1ccc(S(=O)(=O)N[C@H](C)C(=O)Nc2cc(C)cc(C)c2)cc1. The number of sulfonamides is 1. The van der Waals surface area contributed by atoms with Gasteiger partial charge in [-0.15, -0.1) is 0 Å². The van der Waals surface area contributed by atoms with Crippen LogP contribution in [-0.2, 0) is 14.8 Å². The topological polar surface area (TPSA) is 84.5 Å². The number of anilines is 1. The Kier molecular flexibility index (Phi) is 5.81. The van der Waals surface area contributed by atoms with Crippen molar-refractivity contribution in [2.75, 3.05) is 12.4 Å². The van der Waals surface area contributed by atoms with Gasteiger partial charge in [-0.05, 0) is 68.3 Å². The van der Waals surface area contributed by atoms with E-state index in [1.807, 2.05) is 32.0 Å². The Balaban J connectivity index is 2.08. The predicted molar refractivity (Wildman–Crippen MR) is 97.3 cm³/mol. The van der Waals surface area contributed by atoms with E-state index < -0.39 is 22.0 Å². The molecule has 2 aromatic carbocycles. The molecule has 0 aliphatic carbocycles. The minimum Gasteiger partial charge on any atom is -0.497 e. The van der Waals surface area contributed by atoms with Crippen molar-refractivity contribution in [1.29, 1.82) is 0 Å². The Labute approximate surface area is 148 Å². The molecule has 7 heteroatoms. The van der Waals surface area contributed by atoms with E-state index in [1.54, 1.807) is 12.1 Å². The largest absolute Gasteiger partial charge is 0.497 e. The second-order valence-electron chi connectivity index (χ2n) is 5.88. The first-order chi connectivity index (χ1) is 11.7. The third-order valence-corrected chi connectivity index (χ3v) is 5.14. The number of ether oxygens (including phenoxy) is 1. The zero-order valence-corrected chi connectivity index (χ0v) is 15.5. The normalized spacial score (nSPS) is 12.5. The first-order valence-electron chi connectivity index (χ1n) is 7.77. The van der Waals surface area contributed by atoms with Gasteiger partial charge in [-0.1, -0.05) is 6.07 Å². The van der Waals surface area contributed by atoms with Crippen LogP contribution in [0.1, 0.15) is 18.1 Å². The van der Waals surface area contributed by atoms with Gasteiger partial charge in [-0.2, -0.15) is 4.72 Å². The van der Waals surface area contributed by atoms with Crippen LogP contribution < -0.4 is 14.8 Å². The van der Waals surface area contributed by atoms with E-state index in [2.05, 4.69) is 10.0 Å². The summed E-state index contributed by atoms with van der Waals surface area (Å²) in [4.78, 5) is 12.4. The monoisotopic (exact) mass is 362 g/mol. The van der Waals surface area contributed by atoms with E-state index >= 15 is 0 Å². The van der Waals surface area contributed by atoms with Gasteiger partial charge in [0, 0.05) is 5.69 Å². The molecule has 134 valence electrons.